The zero-order valence-electron chi connectivity index (χ0n) is 10.2. The Balaban J connectivity index is 1.84. The number of hydrogen-bond donors (Lipinski definition) is 0. The third-order valence-corrected chi connectivity index (χ3v) is 3.35. The van der Waals surface area contributed by atoms with E-state index in [1.165, 1.54) is 0 Å². The fraction of sp³-hybridized carbons (Fsp3) is 0.200. The van der Waals surface area contributed by atoms with E-state index < -0.39 is 0 Å². The van der Waals surface area contributed by atoms with Crippen LogP contribution in [0.25, 0.3) is 0 Å². The van der Waals surface area contributed by atoms with Gasteiger partial charge in [0.2, 0.25) is 5.78 Å². The number of carbonyl (C=O) groups excluding carboxylic acids is 1. The van der Waals surface area contributed by atoms with E-state index in [9.17, 15) is 4.79 Å². The van der Waals surface area contributed by atoms with E-state index in [-0.39, 0.29) is 5.78 Å². The topological polar surface area (TPSA) is 39.2 Å². The van der Waals surface area contributed by atoms with Gasteiger partial charge in [-0.25, -0.2) is 0 Å². The summed E-state index contributed by atoms with van der Waals surface area (Å²) >= 11 is 3.30. The zero-order chi connectivity index (χ0) is 13.2. The molecule has 0 unspecified atom stereocenters. The van der Waals surface area contributed by atoms with Crippen LogP contribution >= 0.6 is 15.9 Å². The Kier molecular flexibility index (Phi) is 3.34. The second-order valence-corrected chi connectivity index (χ2v) is 5.45. The molecule has 0 radical (unpaired) electrons. The molecule has 3 rings (SSSR count). The summed E-state index contributed by atoms with van der Waals surface area (Å²) in [6.07, 6.45) is 4.16. The maximum atomic E-state index is 12.3. The van der Waals surface area contributed by atoms with Crippen molar-refractivity contribution in [3.63, 3.8) is 0 Å². The summed E-state index contributed by atoms with van der Waals surface area (Å²) < 4.78 is 6.55. The van der Waals surface area contributed by atoms with Crippen LogP contribution in [0.5, 0.6) is 5.75 Å². The molecule has 1 aliphatic carbocycles. The summed E-state index contributed by atoms with van der Waals surface area (Å²) in [6, 6.07) is 10.8. The van der Waals surface area contributed by atoms with Gasteiger partial charge in [0.1, 0.15) is 11.4 Å². The van der Waals surface area contributed by atoms with Gasteiger partial charge in [-0.15, -0.1) is 0 Å². The SMILES string of the molecule is O=C(c1cccc(OC2CC2)c1)c1ccc(Br)cn1. The van der Waals surface area contributed by atoms with Crippen molar-refractivity contribution in [2.45, 2.75) is 18.9 Å². The lowest BCUT2D eigenvalue weighted by molar-refractivity contribution is 0.103. The molecule has 4 heteroatoms. The molecule has 0 bridgehead atoms. The maximum absolute atomic E-state index is 12.3. The minimum absolute atomic E-state index is 0.0891. The van der Waals surface area contributed by atoms with Crippen molar-refractivity contribution >= 4 is 21.7 Å². The van der Waals surface area contributed by atoms with E-state index in [4.69, 9.17) is 4.74 Å². The summed E-state index contributed by atoms with van der Waals surface area (Å²) in [7, 11) is 0. The molecular weight excluding hydrogens is 306 g/mol. The summed E-state index contributed by atoms with van der Waals surface area (Å²) in [5, 5.41) is 0. The maximum Gasteiger partial charge on any atom is 0.211 e. The predicted octanol–water partition coefficient (Wildman–Crippen LogP) is 3.62. The van der Waals surface area contributed by atoms with E-state index in [1.807, 2.05) is 18.2 Å². The predicted molar refractivity (Wildman–Crippen MR) is 75.5 cm³/mol. The summed E-state index contributed by atoms with van der Waals surface area (Å²) in [5.74, 6) is 0.666. The van der Waals surface area contributed by atoms with Gasteiger partial charge >= 0.3 is 0 Å². The molecular formula is C15H12BrNO2. The van der Waals surface area contributed by atoms with Crippen LogP contribution in [-0.2, 0) is 0 Å². The van der Waals surface area contributed by atoms with Crippen LogP contribution in [0, 0.1) is 0 Å². The molecule has 1 saturated carbocycles. The number of benzene rings is 1. The first-order valence-corrected chi connectivity index (χ1v) is 6.94. The number of nitrogens with zero attached hydrogens (tertiary/aromatic N) is 1. The molecule has 0 aliphatic heterocycles. The number of aromatic nitrogens is 1. The molecule has 96 valence electrons. The van der Waals surface area contributed by atoms with Crippen molar-refractivity contribution in [2.24, 2.45) is 0 Å². The van der Waals surface area contributed by atoms with Gasteiger partial charge < -0.3 is 4.74 Å². The molecule has 1 aromatic carbocycles. The van der Waals surface area contributed by atoms with Crippen LogP contribution in [0.3, 0.4) is 0 Å². The number of halogens is 1. The largest absolute Gasteiger partial charge is 0.490 e. The second kappa shape index (κ2) is 5.13. The molecule has 3 nitrogen and oxygen atoms in total. The number of ether oxygens (including phenoxy) is 1. The quantitative estimate of drug-likeness (QED) is 0.808. The lowest BCUT2D eigenvalue weighted by atomic mass is 10.1. The van der Waals surface area contributed by atoms with Crippen molar-refractivity contribution in [3.05, 3.63) is 58.3 Å². The Morgan fingerprint density at radius 2 is 2.11 bits per heavy atom. The smallest absolute Gasteiger partial charge is 0.211 e. The number of carbonyl (C=O) groups is 1. The Labute approximate surface area is 119 Å². The van der Waals surface area contributed by atoms with Gasteiger partial charge in [0, 0.05) is 16.2 Å². The fourth-order valence-corrected chi connectivity index (χ4v) is 1.98. The molecule has 0 atom stereocenters. The molecule has 0 N–H and O–H groups in total. The fourth-order valence-electron chi connectivity index (χ4n) is 1.75. The Hall–Kier alpha value is -1.68. The highest BCUT2D eigenvalue weighted by molar-refractivity contribution is 9.10. The van der Waals surface area contributed by atoms with Crippen LogP contribution in [0.2, 0.25) is 0 Å². The molecule has 1 aromatic heterocycles. The van der Waals surface area contributed by atoms with Crippen molar-refractivity contribution in [1.29, 1.82) is 0 Å². The Bertz CT molecular complexity index is 606. The lowest BCUT2D eigenvalue weighted by Crippen LogP contribution is -2.04. The summed E-state index contributed by atoms with van der Waals surface area (Å²) in [5.41, 5.74) is 1.04. The Morgan fingerprint density at radius 3 is 2.79 bits per heavy atom. The molecule has 0 saturated heterocycles. The first-order valence-electron chi connectivity index (χ1n) is 6.15. The number of rotatable bonds is 4. The zero-order valence-corrected chi connectivity index (χ0v) is 11.8. The van der Waals surface area contributed by atoms with Gasteiger partial charge in [0.15, 0.2) is 0 Å². The van der Waals surface area contributed by atoms with Gasteiger partial charge in [0.25, 0.3) is 0 Å². The highest BCUT2D eigenvalue weighted by Gasteiger charge is 2.23. The van der Waals surface area contributed by atoms with Crippen LogP contribution in [-0.4, -0.2) is 16.9 Å². The van der Waals surface area contributed by atoms with E-state index in [0.717, 1.165) is 23.1 Å². The molecule has 1 aliphatic rings. The second-order valence-electron chi connectivity index (χ2n) is 4.54. The van der Waals surface area contributed by atoms with Crippen molar-refractivity contribution in [1.82, 2.24) is 4.98 Å². The van der Waals surface area contributed by atoms with Crippen molar-refractivity contribution in [3.8, 4) is 5.75 Å². The van der Waals surface area contributed by atoms with Crippen LogP contribution in [0.4, 0.5) is 0 Å². The Morgan fingerprint density at radius 1 is 1.26 bits per heavy atom. The third kappa shape index (κ3) is 3.01. The van der Waals surface area contributed by atoms with Gasteiger partial charge in [-0.1, -0.05) is 12.1 Å². The van der Waals surface area contributed by atoms with Gasteiger partial charge in [-0.3, -0.25) is 9.78 Å². The third-order valence-electron chi connectivity index (χ3n) is 2.88. The minimum atomic E-state index is -0.0891. The normalized spacial score (nSPS) is 14.2. The minimum Gasteiger partial charge on any atom is -0.490 e. The highest BCUT2D eigenvalue weighted by atomic mass is 79.9. The molecule has 1 heterocycles. The average molecular weight is 318 g/mol. The monoisotopic (exact) mass is 317 g/mol. The molecule has 0 amide bonds. The van der Waals surface area contributed by atoms with E-state index in [1.54, 1.807) is 24.4 Å². The van der Waals surface area contributed by atoms with Gasteiger partial charge in [-0.05, 0) is 53.0 Å². The van der Waals surface area contributed by atoms with Crippen LogP contribution in [0.15, 0.2) is 47.1 Å². The van der Waals surface area contributed by atoms with E-state index >= 15 is 0 Å². The molecule has 1 fully saturated rings. The van der Waals surface area contributed by atoms with E-state index in [2.05, 4.69) is 20.9 Å². The highest BCUT2D eigenvalue weighted by Crippen LogP contribution is 2.27. The van der Waals surface area contributed by atoms with Crippen molar-refractivity contribution < 1.29 is 9.53 Å². The summed E-state index contributed by atoms with van der Waals surface area (Å²) in [6.45, 7) is 0. The van der Waals surface area contributed by atoms with Crippen LogP contribution < -0.4 is 4.74 Å². The van der Waals surface area contributed by atoms with Gasteiger partial charge in [0.05, 0.1) is 6.10 Å². The number of ketones is 1. The average Bonchev–Trinajstić information content (AvgIpc) is 3.23. The number of pyridine rings is 1. The van der Waals surface area contributed by atoms with Crippen molar-refractivity contribution in [2.75, 3.05) is 0 Å². The molecule has 0 spiro atoms. The first-order chi connectivity index (χ1) is 9.22. The van der Waals surface area contributed by atoms with E-state index in [0.29, 0.717) is 17.4 Å². The standard InChI is InChI=1S/C15H12BrNO2/c16-11-4-7-14(17-9-11)15(18)10-2-1-3-13(8-10)19-12-5-6-12/h1-4,7-9,12H,5-6H2. The van der Waals surface area contributed by atoms with Gasteiger partial charge in [-0.2, -0.15) is 0 Å². The summed E-state index contributed by atoms with van der Waals surface area (Å²) in [4.78, 5) is 16.4. The molecule has 19 heavy (non-hydrogen) atoms. The number of hydrogen-bond acceptors (Lipinski definition) is 3. The lowest BCUT2D eigenvalue weighted by Gasteiger charge is -2.06. The first kappa shape index (κ1) is 12.4. The molecule has 2 aromatic rings. The van der Waals surface area contributed by atoms with Crippen LogP contribution in [0.1, 0.15) is 28.9 Å².